The molecular formula is C28H34ClF3N4O5. The Hall–Kier alpha value is -3.35. The van der Waals surface area contributed by atoms with Crippen LogP contribution in [0.25, 0.3) is 0 Å². The summed E-state index contributed by atoms with van der Waals surface area (Å²) in [6, 6.07) is 14.9. The molecule has 9 nitrogen and oxygen atoms in total. The van der Waals surface area contributed by atoms with Gasteiger partial charge in [-0.2, -0.15) is 13.2 Å². The fourth-order valence-electron chi connectivity index (χ4n) is 4.82. The summed E-state index contributed by atoms with van der Waals surface area (Å²) in [5.41, 5.74) is 1.62. The molecule has 2 atom stereocenters. The lowest BCUT2D eigenvalue weighted by atomic mass is 9.94. The maximum Gasteiger partial charge on any atom is 0.490 e. The predicted molar refractivity (Wildman–Crippen MR) is 147 cm³/mol. The highest BCUT2D eigenvalue weighted by atomic mass is 35.5. The van der Waals surface area contributed by atoms with Crippen molar-refractivity contribution in [2.45, 2.75) is 51.0 Å². The van der Waals surface area contributed by atoms with Crippen LogP contribution in [0.2, 0.25) is 5.02 Å². The van der Waals surface area contributed by atoms with Crippen molar-refractivity contribution in [3.8, 4) is 5.75 Å². The van der Waals surface area contributed by atoms with Crippen molar-refractivity contribution in [2.75, 3.05) is 31.5 Å². The number of piperidine rings is 1. The predicted octanol–water partition coefficient (Wildman–Crippen LogP) is 4.11. The van der Waals surface area contributed by atoms with Crippen LogP contribution in [0.3, 0.4) is 0 Å². The van der Waals surface area contributed by atoms with Crippen LogP contribution in [0.5, 0.6) is 5.75 Å². The van der Waals surface area contributed by atoms with Gasteiger partial charge >= 0.3 is 12.1 Å². The summed E-state index contributed by atoms with van der Waals surface area (Å²) in [6.07, 6.45) is -2.79. The number of phenols is 1. The van der Waals surface area contributed by atoms with E-state index in [4.69, 9.17) is 21.5 Å². The number of carboxylic acids is 1. The lowest BCUT2D eigenvalue weighted by Crippen LogP contribution is -2.51. The zero-order valence-corrected chi connectivity index (χ0v) is 23.3. The average molecular weight is 599 g/mol. The molecule has 0 spiro atoms. The molecule has 2 aliphatic rings. The Morgan fingerprint density at radius 3 is 2.29 bits per heavy atom. The van der Waals surface area contributed by atoms with Crippen LogP contribution in [0.15, 0.2) is 48.5 Å². The van der Waals surface area contributed by atoms with E-state index in [0.29, 0.717) is 36.6 Å². The van der Waals surface area contributed by atoms with Crippen molar-refractivity contribution >= 4 is 35.1 Å². The zero-order chi connectivity index (χ0) is 30.2. The second kappa shape index (κ2) is 14.5. The standard InChI is InChI=1S/C26H33ClN4O3.C2HF3O2/c1-18(25(33)28-22-11-12-30(17-22)16-19-5-3-2-4-6-19)31-13-9-20(10-14-31)26(34)29-23-15-21(27)7-8-24(23)32;3-2(4,5)1(6)7/h2-8,15,18,20,22,32H,9-14,16-17H2,1H3,(H,28,33)(H,29,34);(H,6,7). The minimum atomic E-state index is -5.08. The number of likely N-dealkylation sites (tertiary alicyclic amines) is 2. The van der Waals surface area contributed by atoms with Gasteiger partial charge in [0.1, 0.15) is 5.75 Å². The number of anilines is 1. The van der Waals surface area contributed by atoms with E-state index in [1.165, 1.54) is 11.6 Å². The summed E-state index contributed by atoms with van der Waals surface area (Å²) >= 11 is 5.97. The van der Waals surface area contributed by atoms with Gasteiger partial charge in [-0.25, -0.2) is 4.79 Å². The van der Waals surface area contributed by atoms with Gasteiger partial charge in [0.25, 0.3) is 0 Å². The number of alkyl halides is 3. The highest BCUT2D eigenvalue weighted by molar-refractivity contribution is 6.31. The summed E-state index contributed by atoms with van der Waals surface area (Å²) < 4.78 is 31.7. The van der Waals surface area contributed by atoms with Crippen LogP contribution in [-0.4, -0.2) is 82.2 Å². The smallest absolute Gasteiger partial charge is 0.490 e. The van der Waals surface area contributed by atoms with E-state index in [1.807, 2.05) is 13.0 Å². The molecule has 2 aromatic carbocycles. The summed E-state index contributed by atoms with van der Waals surface area (Å²) in [7, 11) is 0. The van der Waals surface area contributed by atoms with E-state index in [9.17, 15) is 27.9 Å². The third kappa shape index (κ3) is 9.91. The van der Waals surface area contributed by atoms with E-state index >= 15 is 0 Å². The monoisotopic (exact) mass is 598 g/mol. The van der Waals surface area contributed by atoms with Gasteiger partial charge in [0, 0.05) is 36.6 Å². The van der Waals surface area contributed by atoms with Crippen molar-refractivity contribution in [3.05, 3.63) is 59.1 Å². The molecule has 0 aromatic heterocycles. The molecule has 224 valence electrons. The lowest BCUT2D eigenvalue weighted by molar-refractivity contribution is -0.192. The van der Waals surface area contributed by atoms with Crippen molar-refractivity contribution in [1.29, 1.82) is 0 Å². The van der Waals surface area contributed by atoms with Crippen molar-refractivity contribution < 1.29 is 37.8 Å². The van der Waals surface area contributed by atoms with Gasteiger partial charge in [-0.05, 0) is 63.0 Å². The molecular weight excluding hydrogens is 565 g/mol. The molecule has 4 N–H and O–H groups in total. The summed E-state index contributed by atoms with van der Waals surface area (Å²) in [6.45, 7) is 6.06. The number of rotatable bonds is 7. The molecule has 13 heteroatoms. The highest BCUT2D eigenvalue weighted by Crippen LogP contribution is 2.28. The molecule has 0 radical (unpaired) electrons. The molecule has 0 aliphatic carbocycles. The average Bonchev–Trinajstić information content (AvgIpc) is 3.37. The van der Waals surface area contributed by atoms with Gasteiger partial charge in [-0.15, -0.1) is 0 Å². The number of hydrogen-bond acceptors (Lipinski definition) is 6. The Morgan fingerprint density at radius 2 is 1.68 bits per heavy atom. The van der Waals surface area contributed by atoms with Crippen LogP contribution < -0.4 is 10.6 Å². The van der Waals surface area contributed by atoms with Gasteiger partial charge in [0.05, 0.1) is 11.7 Å². The second-order valence-electron chi connectivity index (χ2n) is 10.2. The molecule has 2 aromatic rings. The number of amides is 2. The van der Waals surface area contributed by atoms with E-state index in [-0.39, 0.29) is 35.6 Å². The van der Waals surface area contributed by atoms with E-state index in [2.05, 4.69) is 44.7 Å². The highest BCUT2D eigenvalue weighted by Gasteiger charge is 2.38. The van der Waals surface area contributed by atoms with Gasteiger partial charge in [0.15, 0.2) is 0 Å². The number of nitrogens with one attached hydrogen (secondary N) is 2. The summed E-state index contributed by atoms with van der Waals surface area (Å²) in [5.74, 6) is -2.99. The van der Waals surface area contributed by atoms with Gasteiger partial charge < -0.3 is 20.8 Å². The first-order valence-electron chi connectivity index (χ1n) is 13.2. The summed E-state index contributed by atoms with van der Waals surface area (Å²) in [5, 5.41) is 23.5. The Bertz CT molecular complexity index is 1190. The topological polar surface area (TPSA) is 122 Å². The first-order chi connectivity index (χ1) is 19.3. The van der Waals surface area contributed by atoms with Crippen LogP contribution in [0.1, 0.15) is 31.7 Å². The number of carboxylic acid groups (broad SMARTS) is 1. The molecule has 0 bridgehead atoms. The molecule has 2 fully saturated rings. The maximum atomic E-state index is 12.9. The number of nitrogens with zero attached hydrogens (tertiary/aromatic N) is 2. The molecule has 2 aliphatic heterocycles. The van der Waals surface area contributed by atoms with Gasteiger partial charge in [-0.1, -0.05) is 41.9 Å². The normalized spacial score (nSPS) is 19.1. The van der Waals surface area contributed by atoms with E-state index in [0.717, 1.165) is 26.1 Å². The first-order valence-corrected chi connectivity index (χ1v) is 13.6. The number of hydrogen-bond donors (Lipinski definition) is 4. The Morgan fingerprint density at radius 1 is 1.05 bits per heavy atom. The quantitative estimate of drug-likeness (QED) is 0.354. The number of aromatic hydroxyl groups is 1. The lowest BCUT2D eigenvalue weighted by Gasteiger charge is -2.35. The number of carbonyl (C=O) groups excluding carboxylic acids is 2. The van der Waals surface area contributed by atoms with Crippen LogP contribution in [-0.2, 0) is 20.9 Å². The molecule has 2 saturated heterocycles. The van der Waals surface area contributed by atoms with Crippen molar-refractivity contribution in [3.63, 3.8) is 0 Å². The van der Waals surface area contributed by atoms with Crippen molar-refractivity contribution in [2.24, 2.45) is 5.92 Å². The van der Waals surface area contributed by atoms with Gasteiger partial charge in [0.2, 0.25) is 11.8 Å². The third-order valence-corrected chi connectivity index (χ3v) is 7.39. The minimum absolute atomic E-state index is 0.00488. The Balaban J connectivity index is 0.000000587. The zero-order valence-electron chi connectivity index (χ0n) is 22.5. The molecule has 2 heterocycles. The number of carbonyl (C=O) groups is 3. The summed E-state index contributed by atoms with van der Waals surface area (Å²) in [4.78, 5) is 39.0. The first kappa shape index (κ1) is 32.2. The fraction of sp³-hybridized carbons (Fsp3) is 0.464. The molecule has 2 amide bonds. The maximum absolute atomic E-state index is 12.9. The largest absolute Gasteiger partial charge is 0.506 e. The molecule has 4 rings (SSSR count). The SMILES string of the molecule is CC(C(=O)NC1CCN(Cc2ccccc2)C1)N1CCC(C(=O)Nc2cc(Cl)ccc2O)CC1.O=C(O)C(F)(F)F. The Labute approximate surface area is 241 Å². The second-order valence-corrected chi connectivity index (χ2v) is 10.6. The molecule has 0 saturated carbocycles. The van der Waals surface area contributed by atoms with E-state index in [1.54, 1.807) is 12.1 Å². The van der Waals surface area contributed by atoms with Crippen molar-refractivity contribution in [1.82, 2.24) is 15.1 Å². The minimum Gasteiger partial charge on any atom is -0.506 e. The molecule has 41 heavy (non-hydrogen) atoms. The van der Waals surface area contributed by atoms with Gasteiger partial charge in [-0.3, -0.25) is 19.4 Å². The number of aliphatic carboxylic acids is 1. The van der Waals surface area contributed by atoms with Crippen LogP contribution in [0, 0.1) is 5.92 Å². The molecule has 2 unspecified atom stereocenters. The van der Waals surface area contributed by atoms with Crippen LogP contribution in [0.4, 0.5) is 18.9 Å². The Kier molecular flexibility index (Phi) is 11.4. The third-order valence-electron chi connectivity index (χ3n) is 7.15. The van der Waals surface area contributed by atoms with Crippen LogP contribution >= 0.6 is 11.6 Å². The fourth-order valence-corrected chi connectivity index (χ4v) is 4.99. The number of phenolic OH excluding ortho intramolecular Hbond substituents is 1. The number of halogens is 4. The number of benzene rings is 2. The van der Waals surface area contributed by atoms with E-state index < -0.39 is 12.1 Å².